The lowest BCUT2D eigenvalue weighted by Gasteiger charge is -2.13. The van der Waals surface area contributed by atoms with E-state index < -0.39 is 17.5 Å². The highest BCUT2D eigenvalue weighted by molar-refractivity contribution is 5.45. The Morgan fingerprint density at radius 1 is 1.10 bits per heavy atom. The van der Waals surface area contributed by atoms with E-state index in [1.807, 2.05) is 24.3 Å². The first-order chi connectivity index (χ1) is 9.63. The minimum Gasteiger partial charge on any atom is -0.488 e. The topological polar surface area (TPSA) is 21.3 Å². The fourth-order valence-electron chi connectivity index (χ4n) is 2.26. The number of para-hydroxylation sites is 1. The number of hydrogen-bond acceptors (Lipinski definition) is 2. The number of anilines is 1. The molecule has 1 aliphatic heterocycles. The molecular weight excluding hydrogens is 267 g/mol. The number of hydrogen-bond donors (Lipinski definition) is 1. The molecule has 0 spiro atoms. The first-order valence-electron chi connectivity index (χ1n) is 6.26. The van der Waals surface area contributed by atoms with E-state index in [-0.39, 0.29) is 11.8 Å². The third-order valence-corrected chi connectivity index (χ3v) is 3.23. The predicted octanol–water partition coefficient (Wildman–Crippen LogP) is 3.52. The molecule has 0 aromatic heterocycles. The number of benzene rings is 2. The van der Waals surface area contributed by atoms with Crippen LogP contribution in [0.2, 0.25) is 0 Å². The van der Waals surface area contributed by atoms with Crippen LogP contribution in [-0.2, 0) is 6.42 Å². The molecule has 0 aliphatic carbocycles. The summed E-state index contributed by atoms with van der Waals surface area (Å²) in [5.74, 6) is -3.04. The van der Waals surface area contributed by atoms with Crippen LogP contribution in [-0.4, -0.2) is 12.6 Å². The van der Waals surface area contributed by atoms with E-state index in [0.717, 1.165) is 29.9 Å². The van der Waals surface area contributed by atoms with Crippen molar-refractivity contribution in [2.45, 2.75) is 12.5 Å². The van der Waals surface area contributed by atoms with E-state index in [1.54, 1.807) is 0 Å². The molecule has 2 aromatic carbocycles. The second-order valence-corrected chi connectivity index (χ2v) is 4.69. The molecule has 1 aliphatic rings. The van der Waals surface area contributed by atoms with Crippen LogP contribution in [0.4, 0.5) is 18.9 Å². The molecular formula is C15H12F3NO. The Labute approximate surface area is 114 Å². The predicted molar refractivity (Wildman–Crippen MR) is 69.4 cm³/mol. The van der Waals surface area contributed by atoms with Gasteiger partial charge in [-0.25, -0.2) is 13.2 Å². The van der Waals surface area contributed by atoms with E-state index in [0.29, 0.717) is 6.54 Å². The van der Waals surface area contributed by atoms with Gasteiger partial charge in [0.25, 0.3) is 0 Å². The Balaban J connectivity index is 1.64. The monoisotopic (exact) mass is 279 g/mol. The minimum absolute atomic E-state index is 0.108. The summed E-state index contributed by atoms with van der Waals surface area (Å²) in [6.07, 6.45) is 0.624. The van der Waals surface area contributed by atoms with E-state index >= 15 is 0 Å². The van der Waals surface area contributed by atoms with Crippen LogP contribution in [0.1, 0.15) is 5.56 Å². The largest absolute Gasteiger partial charge is 0.488 e. The Morgan fingerprint density at radius 2 is 1.80 bits per heavy atom. The maximum Gasteiger partial charge on any atom is 0.194 e. The van der Waals surface area contributed by atoms with Gasteiger partial charge in [-0.2, -0.15) is 0 Å². The lowest BCUT2D eigenvalue weighted by molar-refractivity contribution is 0.246. The fraction of sp³-hybridized carbons (Fsp3) is 0.200. The van der Waals surface area contributed by atoms with Crippen molar-refractivity contribution >= 4 is 5.69 Å². The van der Waals surface area contributed by atoms with Crippen molar-refractivity contribution in [3.8, 4) is 5.75 Å². The van der Waals surface area contributed by atoms with Gasteiger partial charge >= 0.3 is 0 Å². The van der Waals surface area contributed by atoms with Crippen LogP contribution >= 0.6 is 0 Å². The van der Waals surface area contributed by atoms with Gasteiger partial charge in [-0.05, 0) is 11.6 Å². The van der Waals surface area contributed by atoms with Gasteiger partial charge in [0.2, 0.25) is 0 Å². The third kappa shape index (κ3) is 2.43. The molecule has 1 N–H and O–H groups in total. The average Bonchev–Trinajstić information content (AvgIpc) is 2.85. The van der Waals surface area contributed by atoms with Gasteiger partial charge in [0.15, 0.2) is 17.5 Å². The van der Waals surface area contributed by atoms with E-state index in [2.05, 4.69) is 5.32 Å². The molecule has 0 radical (unpaired) electrons. The number of rotatable bonds is 3. The first kappa shape index (κ1) is 12.8. The minimum atomic E-state index is -1.46. The quantitative estimate of drug-likeness (QED) is 0.868. The van der Waals surface area contributed by atoms with Crippen molar-refractivity contribution in [3.63, 3.8) is 0 Å². The molecule has 1 atom stereocenters. The average molecular weight is 279 g/mol. The highest BCUT2D eigenvalue weighted by atomic mass is 19.2. The van der Waals surface area contributed by atoms with Crippen LogP contribution < -0.4 is 10.1 Å². The van der Waals surface area contributed by atoms with Gasteiger partial charge in [0.1, 0.15) is 11.9 Å². The zero-order chi connectivity index (χ0) is 14.1. The summed E-state index contributed by atoms with van der Waals surface area (Å²) in [6, 6.07) is 9.54. The van der Waals surface area contributed by atoms with E-state index in [4.69, 9.17) is 4.74 Å². The smallest absolute Gasteiger partial charge is 0.194 e. The summed E-state index contributed by atoms with van der Waals surface area (Å²) < 4.78 is 44.7. The summed E-state index contributed by atoms with van der Waals surface area (Å²) in [4.78, 5) is 0. The summed E-state index contributed by atoms with van der Waals surface area (Å²) in [5.41, 5.74) is 1.30. The van der Waals surface area contributed by atoms with Gasteiger partial charge in [-0.1, -0.05) is 18.2 Å². The highest BCUT2D eigenvalue weighted by Gasteiger charge is 2.22. The Hall–Kier alpha value is -2.17. The van der Waals surface area contributed by atoms with Crippen LogP contribution in [0.3, 0.4) is 0 Å². The molecule has 20 heavy (non-hydrogen) atoms. The maximum absolute atomic E-state index is 13.1. The van der Waals surface area contributed by atoms with Crippen molar-refractivity contribution in [1.82, 2.24) is 0 Å². The van der Waals surface area contributed by atoms with Gasteiger partial charge in [-0.15, -0.1) is 0 Å². The Bertz CT molecular complexity index is 597. The van der Waals surface area contributed by atoms with Gasteiger partial charge in [0.05, 0.1) is 6.54 Å². The molecule has 0 saturated carbocycles. The molecule has 3 rings (SSSR count). The maximum atomic E-state index is 13.1. The second kappa shape index (κ2) is 5.07. The van der Waals surface area contributed by atoms with Gasteiger partial charge in [0, 0.05) is 24.2 Å². The second-order valence-electron chi connectivity index (χ2n) is 4.69. The van der Waals surface area contributed by atoms with Crippen molar-refractivity contribution in [2.75, 3.05) is 11.9 Å². The lowest BCUT2D eigenvalue weighted by Crippen LogP contribution is -2.24. The van der Waals surface area contributed by atoms with Crippen LogP contribution in [0.15, 0.2) is 36.4 Å². The van der Waals surface area contributed by atoms with Gasteiger partial charge in [-0.3, -0.25) is 0 Å². The summed E-state index contributed by atoms with van der Waals surface area (Å²) in [6.45, 7) is 0.388. The van der Waals surface area contributed by atoms with Crippen molar-refractivity contribution < 1.29 is 17.9 Å². The normalized spacial score (nSPS) is 16.6. The summed E-state index contributed by atoms with van der Waals surface area (Å²) >= 11 is 0. The third-order valence-electron chi connectivity index (χ3n) is 3.23. The van der Waals surface area contributed by atoms with Gasteiger partial charge < -0.3 is 10.1 Å². The Kier molecular flexibility index (Phi) is 3.26. The standard InChI is InChI=1S/C15H12F3NO/c16-12-6-10(7-13(17)15(12)18)19-8-11-5-9-3-1-2-4-14(9)20-11/h1-4,6-7,11,19H,5,8H2. The van der Waals surface area contributed by atoms with Crippen LogP contribution in [0.25, 0.3) is 0 Å². The highest BCUT2D eigenvalue weighted by Crippen LogP contribution is 2.28. The van der Waals surface area contributed by atoms with E-state index in [1.165, 1.54) is 0 Å². The van der Waals surface area contributed by atoms with Crippen molar-refractivity contribution in [2.24, 2.45) is 0 Å². The molecule has 1 unspecified atom stereocenters. The molecule has 0 fully saturated rings. The zero-order valence-electron chi connectivity index (χ0n) is 10.5. The SMILES string of the molecule is Fc1cc(NCC2Cc3ccccc3O2)cc(F)c1F. The number of fused-ring (bicyclic) bond motifs is 1. The fourth-order valence-corrected chi connectivity index (χ4v) is 2.26. The lowest BCUT2D eigenvalue weighted by atomic mass is 10.1. The molecule has 1 heterocycles. The molecule has 0 saturated heterocycles. The Morgan fingerprint density at radius 3 is 2.50 bits per heavy atom. The van der Waals surface area contributed by atoms with Crippen LogP contribution in [0.5, 0.6) is 5.75 Å². The molecule has 2 aromatic rings. The molecule has 2 nitrogen and oxygen atoms in total. The molecule has 0 bridgehead atoms. The molecule has 104 valence electrons. The number of ether oxygens (including phenoxy) is 1. The van der Waals surface area contributed by atoms with E-state index in [9.17, 15) is 13.2 Å². The zero-order valence-corrected chi connectivity index (χ0v) is 10.5. The first-order valence-corrected chi connectivity index (χ1v) is 6.26. The molecule has 5 heteroatoms. The summed E-state index contributed by atoms with van der Waals surface area (Å²) in [7, 11) is 0. The number of nitrogens with one attached hydrogen (secondary N) is 1. The number of halogens is 3. The molecule has 0 amide bonds. The van der Waals surface area contributed by atoms with Crippen molar-refractivity contribution in [3.05, 3.63) is 59.4 Å². The van der Waals surface area contributed by atoms with Crippen LogP contribution in [0, 0.1) is 17.5 Å². The summed E-state index contributed by atoms with van der Waals surface area (Å²) in [5, 5.41) is 2.86. The van der Waals surface area contributed by atoms with Crippen molar-refractivity contribution in [1.29, 1.82) is 0 Å².